The molecule has 34 heavy (non-hydrogen) atoms. The third kappa shape index (κ3) is 5.84. The van der Waals surface area contributed by atoms with E-state index in [1.54, 1.807) is 42.5 Å². The van der Waals surface area contributed by atoms with Gasteiger partial charge in [-0.15, -0.1) is 0 Å². The number of ether oxygens (including phenoxy) is 2. The number of benzene rings is 3. The van der Waals surface area contributed by atoms with Crippen LogP contribution in [0.25, 0.3) is 0 Å². The Kier molecular flexibility index (Phi) is 7.66. The zero-order chi connectivity index (χ0) is 24.2. The summed E-state index contributed by atoms with van der Waals surface area (Å²) in [5.74, 6) is -1.10. The van der Waals surface area contributed by atoms with E-state index in [1.807, 2.05) is 18.2 Å². The van der Waals surface area contributed by atoms with Crippen molar-refractivity contribution in [1.82, 2.24) is 5.32 Å². The second-order valence-electron chi connectivity index (χ2n) is 7.74. The van der Waals surface area contributed by atoms with Gasteiger partial charge in [-0.1, -0.05) is 45.2 Å². The lowest BCUT2D eigenvalue weighted by Gasteiger charge is -2.30. The molecule has 0 saturated carbocycles. The summed E-state index contributed by atoms with van der Waals surface area (Å²) in [4.78, 5) is 24.2. The Bertz CT molecular complexity index is 1220. The van der Waals surface area contributed by atoms with Crippen LogP contribution < -0.4 is 14.8 Å². The van der Waals surface area contributed by atoms with Gasteiger partial charge in [0, 0.05) is 38.6 Å². The molecule has 2 unspecified atom stereocenters. The van der Waals surface area contributed by atoms with Crippen LogP contribution in [0.1, 0.15) is 33.8 Å². The number of carbonyl (C=O) groups is 2. The predicted molar refractivity (Wildman–Crippen MR) is 133 cm³/mol. The molecule has 3 aromatic rings. The van der Waals surface area contributed by atoms with Crippen LogP contribution >= 0.6 is 39.1 Å². The average molecular weight is 565 g/mol. The minimum atomic E-state index is -0.975. The highest BCUT2D eigenvalue weighted by Gasteiger charge is 2.34. The molecule has 6 nitrogen and oxygen atoms in total. The first kappa shape index (κ1) is 24.4. The lowest BCUT2D eigenvalue weighted by molar-refractivity contribution is -0.141. The summed E-state index contributed by atoms with van der Waals surface area (Å²) >= 11 is 15.6. The van der Waals surface area contributed by atoms with Gasteiger partial charge in [0.1, 0.15) is 11.5 Å². The van der Waals surface area contributed by atoms with Gasteiger partial charge in [0.25, 0.3) is 5.91 Å². The number of halogens is 3. The van der Waals surface area contributed by atoms with Crippen molar-refractivity contribution in [2.75, 3.05) is 6.54 Å². The van der Waals surface area contributed by atoms with Crippen LogP contribution in [0.15, 0.2) is 65.1 Å². The molecule has 0 fully saturated rings. The smallest absolute Gasteiger partial charge is 0.311 e. The van der Waals surface area contributed by atoms with Crippen molar-refractivity contribution in [1.29, 1.82) is 0 Å². The first-order valence-corrected chi connectivity index (χ1v) is 12.0. The molecule has 1 heterocycles. The third-order valence-corrected chi connectivity index (χ3v) is 6.49. The van der Waals surface area contributed by atoms with Gasteiger partial charge in [-0.05, 0) is 66.6 Å². The van der Waals surface area contributed by atoms with Crippen molar-refractivity contribution in [3.63, 3.8) is 0 Å². The van der Waals surface area contributed by atoms with Gasteiger partial charge >= 0.3 is 5.97 Å². The molecule has 0 aliphatic carbocycles. The lowest BCUT2D eigenvalue weighted by atomic mass is 9.92. The van der Waals surface area contributed by atoms with E-state index in [2.05, 4.69) is 21.2 Å². The summed E-state index contributed by atoms with van der Waals surface area (Å²) in [6.07, 6.45) is -0.0518. The van der Waals surface area contributed by atoms with E-state index in [0.29, 0.717) is 45.6 Å². The van der Waals surface area contributed by atoms with Crippen molar-refractivity contribution >= 4 is 51.0 Å². The van der Waals surface area contributed by atoms with Crippen LogP contribution in [0.4, 0.5) is 0 Å². The molecule has 1 aliphatic rings. The molecular weight excluding hydrogens is 545 g/mol. The number of carboxylic acid groups (broad SMARTS) is 1. The normalized spacial score (nSPS) is 16.8. The highest BCUT2D eigenvalue weighted by Crippen LogP contribution is 2.38. The first-order chi connectivity index (χ1) is 16.3. The fourth-order valence-electron chi connectivity index (χ4n) is 3.69. The largest absolute Gasteiger partial charge is 0.481 e. The molecule has 2 atom stereocenters. The van der Waals surface area contributed by atoms with Crippen LogP contribution in [0.3, 0.4) is 0 Å². The van der Waals surface area contributed by atoms with E-state index in [-0.39, 0.29) is 12.3 Å². The van der Waals surface area contributed by atoms with Crippen molar-refractivity contribution in [3.8, 4) is 11.5 Å². The van der Waals surface area contributed by atoms with Crippen LogP contribution in [0.2, 0.25) is 10.0 Å². The molecule has 9 heteroatoms. The standard InChI is InChI=1S/C25H20BrCl2NO5/c26-16-4-1-14(21(28)11-16)9-10-29-24(30)15-2-6-18(7-3-15)33-23-13-20(25(31)32)19-12-17(27)5-8-22(19)34-23/h1-8,11-12,20,23H,9-10,13H2,(H,29,30)(H,31,32). The Labute approximate surface area is 214 Å². The van der Waals surface area contributed by atoms with Crippen molar-refractivity contribution in [2.45, 2.75) is 25.0 Å². The number of hydrogen-bond donors (Lipinski definition) is 2. The van der Waals surface area contributed by atoms with Gasteiger partial charge < -0.3 is 19.9 Å². The first-order valence-electron chi connectivity index (χ1n) is 10.5. The van der Waals surface area contributed by atoms with E-state index in [0.717, 1.165) is 10.0 Å². The number of nitrogens with one attached hydrogen (secondary N) is 1. The van der Waals surface area contributed by atoms with Gasteiger partial charge in [-0.25, -0.2) is 0 Å². The summed E-state index contributed by atoms with van der Waals surface area (Å²) in [5.41, 5.74) is 1.95. The summed E-state index contributed by atoms with van der Waals surface area (Å²) in [6, 6.07) is 17.1. The molecule has 1 aliphatic heterocycles. The second-order valence-corrected chi connectivity index (χ2v) is 9.50. The minimum absolute atomic E-state index is 0.129. The molecule has 0 radical (unpaired) electrons. The van der Waals surface area contributed by atoms with Crippen LogP contribution in [0, 0.1) is 0 Å². The maximum absolute atomic E-state index is 12.5. The molecule has 0 spiro atoms. The predicted octanol–water partition coefficient (Wildman–Crippen LogP) is 6.08. The van der Waals surface area contributed by atoms with E-state index in [9.17, 15) is 14.7 Å². The average Bonchev–Trinajstić information content (AvgIpc) is 2.80. The van der Waals surface area contributed by atoms with Gasteiger partial charge in [0.05, 0.1) is 5.92 Å². The fourth-order valence-corrected chi connectivity index (χ4v) is 4.64. The van der Waals surface area contributed by atoms with E-state index in [1.165, 1.54) is 0 Å². The van der Waals surface area contributed by atoms with Crippen LogP contribution in [0.5, 0.6) is 11.5 Å². The maximum atomic E-state index is 12.5. The summed E-state index contributed by atoms with van der Waals surface area (Å²) in [5, 5.41) is 13.6. The SMILES string of the molecule is O=C(NCCc1ccc(Br)cc1Cl)c1ccc(OC2CC(C(=O)O)c3cc(Cl)ccc3O2)cc1. The van der Waals surface area contributed by atoms with Crippen LogP contribution in [-0.4, -0.2) is 29.8 Å². The molecule has 0 aromatic heterocycles. The molecule has 0 bridgehead atoms. The highest BCUT2D eigenvalue weighted by molar-refractivity contribution is 9.10. The summed E-state index contributed by atoms with van der Waals surface area (Å²) in [7, 11) is 0. The molecule has 3 aromatic carbocycles. The Balaban J connectivity index is 1.34. The fraction of sp³-hybridized carbons (Fsp3) is 0.200. The lowest BCUT2D eigenvalue weighted by Crippen LogP contribution is -2.33. The molecule has 4 rings (SSSR count). The van der Waals surface area contributed by atoms with Crippen molar-refractivity contribution in [3.05, 3.63) is 91.9 Å². The zero-order valence-corrected chi connectivity index (χ0v) is 20.9. The highest BCUT2D eigenvalue weighted by atomic mass is 79.9. The Hall–Kier alpha value is -2.74. The number of carbonyl (C=O) groups excluding carboxylic acids is 1. The number of fused-ring (bicyclic) bond motifs is 1. The Morgan fingerprint density at radius 1 is 1.09 bits per heavy atom. The maximum Gasteiger partial charge on any atom is 0.311 e. The molecule has 2 N–H and O–H groups in total. The summed E-state index contributed by atoms with van der Waals surface area (Å²) in [6.45, 7) is 0.439. The number of rotatable bonds is 7. The molecule has 1 amide bonds. The number of carboxylic acids is 1. The monoisotopic (exact) mass is 563 g/mol. The van der Waals surface area contributed by atoms with E-state index in [4.69, 9.17) is 32.7 Å². The Morgan fingerprint density at radius 2 is 1.85 bits per heavy atom. The van der Waals surface area contributed by atoms with Gasteiger partial charge in [0.2, 0.25) is 6.29 Å². The summed E-state index contributed by atoms with van der Waals surface area (Å²) < 4.78 is 12.6. The topological polar surface area (TPSA) is 84.9 Å². The van der Waals surface area contributed by atoms with Gasteiger partial charge in [-0.2, -0.15) is 0 Å². The van der Waals surface area contributed by atoms with E-state index >= 15 is 0 Å². The number of amides is 1. The van der Waals surface area contributed by atoms with Crippen LogP contribution in [-0.2, 0) is 11.2 Å². The van der Waals surface area contributed by atoms with Gasteiger partial charge in [0.15, 0.2) is 0 Å². The molecular formula is C25H20BrCl2NO5. The van der Waals surface area contributed by atoms with E-state index < -0.39 is 18.2 Å². The molecule has 176 valence electrons. The minimum Gasteiger partial charge on any atom is -0.481 e. The Morgan fingerprint density at radius 3 is 2.56 bits per heavy atom. The number of hydrogen-bond acceptors (Lipinski definition) is 4. The molecule has 0 saturated heterocycles. The quantitative estimate of drug-likeness (QED) is 0.363. The third-order valence-electron chi connectivity index (χ3n) is 5.41. The second kappa shape index (κ2) is 10.7. The van der Waals surface area contributed by atoms with Gasteiger partial charge in [-0.3, -0.25) is 9.59 Å². The zero-order valence-electron chi connectivity index (χ0n) is 17.8. The van der Waals surface area contributed by atoms with Crippen molar-refractivity contribution in [2.24, 2.45) is 0 Å². The van der Waals surface area contributed by atoms with Crippen molar-refractivity contribution < 1.29 is 24.2 Å². The number of aliphatic carboxylic acids is 1.